The summed E-state index contributed by atoms with van der Waals surface area (Å²) in [5, 5.41) is 3.31. The molecule has 1 aromatic carbocycles. The Labute approximate surface area is 113 Å². The van der Waals surface area contributed by atoms with Gasteiger partial charge in [0, 0.05) is 17.8 Å². The van der Waals surface area contributed by atoms with Crippen LogP contribution in [0.5, 0.6) is 0 Å². The van der Waals surface area contributed by atoms with Gasteiger partial charge in [0.05, 0.1) is 0 Å². The minimum Gasteiger partial charge on any atom is -0.389 e. The van der Waals surface area contributed by atoms with Gasteiger partial charge in [-0.1, -0.05) is 26.1 Å². The Kier molecular flexibility index (Phi) is 3.57. The summed E-state index contributed by atoms with van der Waals surface area (Å²) in [6.45, 7) is 5.38. The molecule has 0 aromatic heterocycles. The molecule has 2 rings (SSSR count). The van der Waals surface area contributed by atoms with Gasteiger partial charge in [-0.05, 0) is 42.4 Å². The monoisotopic (exact) mass is 266 g/mol. The van der Waals surface area contributed by atoms with E-state index in [0.717, 1.165) is 12.2 Å². The van der Waals surface area contributed by atoms with Crippen LogP contribution >= 0.6 is 12.2 Å². The third-order valence-corrected chi connectivity index (χ3v) is 4.22. The lowest BCUT2D eigenvalue weighted by atomic mass is 9.92. The summed E-state index contributed by atoms with van der Waals surface area (Å²) in [6, 6.07) is 4.92. The minimum absolute atomic E-state index is 0.0971. The van der Waals surface area contributed by atoms with Crippen molar-refractivity contribution in [3.8, 4) is 0 Å². The zero-order valence-corrected chi connectivity index (χ0v) is 11.6. The third-order valence-electron chi connectivity index (χ3n) is 4.00. The van der Waals surface area contributed by atoms with Crippen molar-refractivity contribution in [2.75, 3.05) is 11.9 Å². The molecular weight excluding hydrogens is 247 g/mol. The second-order valence-corrected chi connectivity index (χ2v) is 5.87. The molecule has 1 aliphatic carbocycles. The molecule has 0 aliphatic heterocycles. The highest BCUT2D eigenvalue weighted by Crippen LogP contribution is 2.51. The molecular formula is C14H19FN2S. The highest BCUT2D eigenvalue weighted by molar-refractivity contribution is 7.80. The quantitative estimate of drug-likeness (QED) is 0.803. The van der Waals surface area contributed by atoms with Gasteiger partial charge in [-0.2, -0.15) is 0 Å². The third kappa shape index (κ3) is 2.64. The Hall–Kier alpha value is -1.16. The topological polar surface area (TPSA) is 38.0 Å². The van der Waals surface area contributed by atoms with Crippen LogP contribution in [0.2, 0.25) is 0 Å². The largest absolute Gasteiger partial charge is 0.389 e. The molecule has 0 amide bonds. The molecule has 1 saturated carbocycles. The molecule has 0 saturated heterocycles. The molecule has 1 fully saturated rings. The van der Waals surface area contributed by atoms with E-state index in [4.69, 9.17) is 18.0 Å². The van der Waals surface area contributed by atoms with Crippen LogP contribution in [-0.2, 0) is 0 Å². The van der Waals surface area contributed by atoms with E-state index < -0.39 is 0 Å². The molecule has 2 nitrogen and oxygen atoms in total. The summed E-state index contributed by atoms with van der Waals surface area (Å²) < 4.78 is 13.7. The number of hydrogen-bond acceptors (Lipinski definition) is 2. The van der Waals surface area contributed by atoms with Gasteiger partial charge in [0.15, 0.2) is 0 Å². The summed E-state index contributed by atoms with van der Waals surface area (Å²) in [5.74, 6) is 0.299. The number of nitrogens with two attached hydrogens (primary N) is 1. The summed E-state index contributed by atoms with van der Waals surface area (Å²) >= 11 is 4.78. The highest BCUT2D eigenvalue weighted by Gasteiger charge is 2.44. The number of halogens is 1. The lowest BCUT2D eigenvalue weighted by molar-refractivity contribution is 0.380. The average molecular weight is 266 g/mol. The normalized spacial score (nSPS) is 16.7. The van der Waals surface area contributed by atoms with Gasteiger partial charge < -0.3 is 11.1 Å². The maximum absolute atomic E-state index is 13.7. The predicted octanol–water partition coefficient (Wildman–Crippen LogP) is 3.31. The Morgan fingerprint density at radius 1 is 1.50 bits per heavy atom. The number of thiocarbonyl (C=S) groups is 1. The highest BCUT2D eigenvalue weighted by atomic mass is 32.1. The summed E-state index contributed by atoms with van der Waals surface area (Å²) in [7, 11) is 0. The number of nitrogens with one attached hydrogen (secondary N) is 1. The van der Waals surface area contributed by atoms with Crippen LogP contribution < -0.4 is 11.1 Å². The smallest absolute Gasteiger partial charge is 0.135 e. The molecule has 98 valence electrons. The van der Waals surface area contributed by atoms with E-state index in [9.17, 15) is 4.39 Å². The number of benzene rings is 1. The van der Waals surface area contributed by atoms with Gasteiger partial charge in [0.25, 0.3) is 0 Å². The summed E-state index contributed by atoms with van der Waals surface area (Å²) in [6.07, 6.45) is 2.51. The van der Waals surface area contributed by atoms with Crippen molar-refractivity contribution in [1.29, 1.82) is 0 Å². The van der Waals surface area contributed by atoms with Crippen molar-refractivity contribution in [1.82, 2.24) is 0 Å². The van der Waals surface area contributed by atoms with E-state index in [0.29, 0.717) is 16.9 Å². The molecule has 1 aliphatic rings. The van der Waals surface area contributed by atoms with Gasteiger partial charge in [-0.25, -0.2) is 4.39 Å². The Morgan fingerprint density at radius 2 is 2.17 bits per heavy atom. The fourth-order valence-electron chi connectivity index (χ4n) is 2.22. The van der Waals surface area contributed by atoms with Gasteiger partial charge in [-0.3, -0.25) is 0 Å². The van der Waals surface area contributed by atoms with Crippen LogP contribution in [0.3, 0.4) is 0 Å². The van der Waals surface area contributed by atoms with Crippen LogP contribution in [0, 0.1) is 17.2 Å². The molecule has 18 heavy (non-hydrogen) atoms. The second kappa shape index (κ2) is 4.84. The van der Waals surface area contributed by atoms with E-state index in [1.165, 1.54) is 18.9 Å². The van der Waals surface area contributed by atoms with Crippen molar-refractivity contribution in [3.05, 3.63) is 29.6 Å². The first-order chi connectivity index (χ1) is 8.44. The maximum atomic E-state index is 13.7. The van der Waals surface area contributed by atoms with Crippen LogP contribution in [0.15, 0.2) is 18.2 Å². The van der Waals surface area contributed by atoms with E-state index in [1.807, 2.05) is 6.07 Å². The Balaban J connectivity index is 2.03. The van der Waals surface area contributed by atoms with Crippen molar-refractivity contribution in [3.63, 3.8) is 0 Å². The van der Waals surface area contributed by atoms with Crippen LogP contribution in [0.4, 0.5) is 10.1 Å². The minimum atomic E-state index is -0.359. The molecule has 0 unspecified atom stereocenters. The lowest BCUT2D eigenvalue weighted by Gasteiger charge is -2.20. The van der Waals surface area contributed by atoms with Gasteiger partial charge >= 0.3 is 0 Å². The van der Waals surface area contributed by atoms with E-state index in [-0.39, 0.29) is 10.8 Å². The molecule has 0 radical (unpaired) electrons. The first-order valence-electron chi connectivity index (χ1n) is 6.28. The van der Waals surface area contributed by atoms with Gasteiger partial charge in [-0.15, -0.1) is 0 Å². The Bertz CT molecular complexity index is 467. The van der Waals surface area contributed by atoms with Crippen LogP contribution in [-0.4, -0.2) is 11.5 Å². The van der Waals surface area contributed by atoms with Crippen LogP contribution in [0.25, 0.3) is 0 Å². The molecule has 0 spiro atoms. The first-order valence-corrected chi connectivity index (χ1v) is 6.69. The Morgan fingerprint density at radius 3 is 2.61 bits per heavy atom. The van der Waals surface area contributed by atoms with Crippen LogP contribution in [0.1, 0.15) is 32.3 Å². The fourth-order valence-corrected chi connectivity index (χ4v) is 2.39. The number of rotatable bonds is 5. The van der Waals surface area contributed by atoms with Crippen molar-refractivity contribution < 1.29 is 4.39 Å². The van der Waals surface area contributed by atoms with E-state index >= 15 is 0 Å². The zero-order valence-electron chi connectivity index (χ0n) is 10.8. The molecule has 0 heterocycles. The summed E-state index contributed by atoms with van der Waals surface area (Å²) in [4.78, 5) is 0.0971. The zero-order chi connectivity index (χ0) is 13.3. The second-order valence-electron chi connectivity index (χ2n) is 5.43. The molecule has 0 bridgehead atoms. The molecule has 4 heteroatoms. The fraction of sp³-hybridized carbons (Fsp3) is 0.500. The van der Waals surface area contributed by atoms with Crippen molar-refractivity contribution >= 4 is 22.9 Å². The SMILES string of the molecule is CC(C)C1(CNc2ccc(C(N)=S)c(F)c2)CC1. The molecule has 1 aromatic rings. The number of hydrogen-bond donors (Lipinski definition) is 2. The van der Waals surface area contributed by atoms with Gasteiger partial charge in [0.2, 0.25) is 0 Å². The number of anilines is 1. The predicted molar refractivity (Wildman–Crippen MR) is 77.3 cm³/mol. The lowest BCUT2D eigenvalue weighted by Crippen LogP contribution is -2.21. The maximum Gasteiger partial charge on any atom is 0.135 e. The summed E-state index contributed by atoms with van der Waals surface area (Å²) in [5.41, 5.74) is 6.93. The van der Waals surface area contributed by atoms with E-state index in [1.54, 1.807) is 6.07 Å². The van der Waals surface area contributed by atoms with E-state index in [2.05, 4.69) is 19.2 Å². The average Bonchev–Trinajstić information content (AvgIpc) is 3.07. The van der Waals surface area contributed by atoms with Gasteiger partial charge in [0.1, 0.15) is 10.8 Å². The first kappa shape index (κ1) is 13.3. The standard InChI is InChI=1S/C14H19FN2S/c1-9(2)14(5-6-14)8-17-10-3-4-11(13(16)18)12(15)7-10/h3-4,7,9,17H,5-6,8H2,1-2H3,(H2,16,18). The van der Waals surface area contributed by atoms with Crippen molar-refractivity contribution in [2.24, 2.45) is 17.1 Å². The molecule has 0 atom stereocenters. The van der Waals surface area contributed by atoms with Crippen molar-refractivity contribution in [2.45, 2.75) is 26.7 Å². The molecule has 3 N–H and O–H groups in total.